The fraction of sp³-hybridized carbons (Fsp3) is 0.538. The molecule has 6 heteroatoms. The van der Waals surface area contributed by atoms with Gasteiger partial charge in [-0.25, -0.2) is 4.79 Å². The van der Waals surface area contributed by atoms with Crippen LogP contribution in [0.15, 0.2) is 11.4 Å². The number of hydrogen-bond donors (Lipinski definition) is 2. The van der Waals surface area contributed by atoms with Crippen LogP contribution in [-0.4, -0.2) is 41.5 Å². The molecule has 0 aliphatic carbocycles. The second kappa shape index (κ2) is 4.94. The van der Waals surface area contributed by atoms with Crippen LogP contribution in [0.4, 0.5) is 0 Å². The molecule has 1 aromatic rings. The Balaban J connectivity index is 1.89. The molecule has 3 rings (SSSR count). The van der Waals surface area contributed by atoms with Crippen LogP contribution in [0, 0.1) is 5.92 Å². The van der Waals surface area contributed by atoms with E-state index in [9.17, 15) is 14.7 Å². The van der Waals surface area contributed by atoms with Gasteiger partial charge in [0, 0.05) is 18.0 Å². The quantitative estimate of drug-likeness (QED) is 0.843. The normalized spacial score (nSPS) is 26.2. The van der Waals surface area contributed by atoms with Gasteiger partial charge in [-0.15, -0.1) is 11.3 Å². The van der Waals surface area contributed by atoms with Gasteiger partial charge in [0.1, 0.15) is 0 Å². The van der Waals surface area contributed by atoms with Crippen LogP contribution in [0.1, 0.15) is 22.9 Å². The molecule has 0 bridgehead atoms. The molecular formula is C13H16N2O3S. The highest BCUT2D eigenvalue weighted by Gasteiger charge is 2.39. The van der Waals surface area contributed by atoms with Gasteiger partial charge < -0.3 is 15.3 Å². The number of carboxylic acid groups (broad SMARTS) is 1. The van der Waals surface area contributed by atoms with Gasteiger partial charge in [0.25, 0.3) is 0 Å². The van der Waals surface area contributed by atoms with Crippen molar-refractivity contribution in [2.75, 3.05) is 19.6 Å². The zero-order valence-electron chi connectivity index (χ0n) is 10.5. The first-order chi connectivity index (χ1) is 9.18. The molecule has 2 unspecified atom stereocenters. The van der Waals surface area contributed by atoms with E-state index < -0.39 is 12.0 Å². The number of nitrogens with zero attached hydrogens (tertiary/aromatic N) is 1. The second-order valence-corrected chi connectivity index (χ2v) is 6.01. The van der Waals surface area contributed by atoms with Crippen molar-refractivity contribution in [2.24, 2.45) is 5.92 Å². The number of amides is 1. The summed E-state index contributed by atoms with van der Waals surface area (Å²) in [6, 6.07) is 1.04. The van der Waals surface area contributed by atoms with Crippen molar-refractivity contribution in [3.63, 3.8) is 0 Å². The van der Waals surface area contributed by atoms with Gasteiger partial charge in [-0.3, -0.25) is 4.79 Å². The van der Waals surface area contributed by atoms with Crippen LogP contribution in [0.5, 0.6) is 0 Å². The van der Waals surface area contributed by atoms with Crippen molar-refractivity contribution in [1.82, 2.24) is 10.2 Å². The molecule has 1 aromatic heterocycles. The Kier molecular flexibility index (Phi) is 3.28. The van der Waals surface area contributed by atoms with Crippen molar-refractivity contribution in [1.29, 1.82) is 0 Å². The summed E-state index contributed by atoms with van der Waals surface area (Å²) in [5, 5.41) is 14.5. The smallest absolute Gasteiger partial charge is 0.331 e. The highest BCUT2D eigenvalue weighted by atomic mass is 32.1. The first-order valence-electron chi connectivity index (χ1n) is 6.48. The van der Waals surface area contributed by atoms with Gasteiger partial charge in [0.2, 0.25) is 5.91 Å². The first-order valence-corrected chi connectivity index (χ1v) is 7.36. The lowest BCUT2D eigenvalue weighted by molar-refractivity contribution is -0.152. The molecule has 2 aliphatic rings. The average molecular weight is 280 g/mol. The summed E-state index contributed by atoms with van der Waals surface area (Å²) in [5.41, 5.74) is 0.794. The van der Waals surface area contributed by atoms with E-state index >= 15 is 0 Å². The Labute approximate surface area is 115 Å². The minimum Gasteiger partial charge on any atom is -0.479 e. The molecule has 5 nitrogen and oxygen atoms in total. The molecule has 2 atom stereocenters. The van der Waals surface area contributed by atoms with E-state index in [2.05, 4.69) is 5.32 Å². The molecule has 102 valence electrons. The van der Waals surface area contributed by atoms with Crippen molar-refractivity contribution >= 4 is 23.2 Å². The lowest BCUT2D eigenvalue weighted by Crippen LogP contribution is -2.46. The molecule has 3 heterocycles. The molecule has 2 N–H and O–H groups in total. The Morgan fingerprint density at radius 2 is 2.32 bits per heavy atom. The van der Waals surface area contributed by atoms with E-state index in [-0.39, 0.29) is 11.8 Å². The molecule has 19 heavy (non-hydrogen) atoms. The summed E-state index contributed by atoms with van der Waals surface area (Å²) in [4.78, 5) is 26.7. The van der Waals surface area contributed by atoms with Gasteiger partial charge in [-0.2, -0.15) is 0 Å². The predicted molar refractivity (Wildman–Crippen MR) is 71.1 cm³/mol. The molecule has 0 saturated carbocycles. The Morgan fingerprint density at radius 3 is 3.00 bits per heavy atom. The summed E-state index contributed by atoms with van der Waals surface area (Å²) >= 11 is 1.58. The summed E-state index contributed by atoms with van der Waals surface area (Å²) in [7, 11) is 0. The number of nitrogens with one attached hydrogen (secondary N) is 1. The third-order valence-corrected chi connectivity index (χ3v) is 4.89. The van der Waals surface area contributed by atoms with E-state index in [1.165, 1.54) is 0 Å². The minimum absolute atomic E-state index is 0.0192. The Hall–Kier alpha value is -1.40. The van der Waals surface area contributed by atoms with Crippen molar-refractivity contribution in [2.45, 2.75) is 18.9 Å². The van der Waals surface area contributed by atoms with Gasteiger partial charge >= 0.3 is 5.97 Å². The SMILES string of the molecule is O=C(O)C1c2ccsc2CCN1C(=O)C1CCNC1. The van der Waals surface area contributed by atoms with Crippen LogP contribution in [0.2, 0.25) is 0 Å². The van der Waals surface area contributed by atoms with E-state index in [0.29, 0.717) is 13.1 Å². The first kappa shape index (κ1) is 12.6. The fourth-order valence-corrected chi connectivity index (χ4v) is 3.82. The largest absolute Gasteiger partial charge is 0.479 e. The standard InChI is InChI=1S/C13H16N2O3S/c16-12(8-1-4-14-7-8)15-5-2-10-9(3-6-19-10)11(15)13(17)18/h3,6,8,11,14H,1-2,4-5,7H2,(H,17,18). The lowest BCUT2D eigenvalue weighted by atomic mass is 9.97. The van der Waals surface area contributed by atoms with Gasteiger partial charge in [-0.1, -0.05) is 0 Å². The number of aliphatic carboxylic acids is 1. The van der Waals surface area contributed by atoms with Crippen LogP contribution in [0.25, 0.3) is 0 Å². The molecule has 2 aliphatic heterocycles. The van der Waals surface area contributed by atoms with Gasteiger partial charge in [0.15, 0.2) is 6.04 Å². The number of carboxylic acids is 1. The summed E-state index contributed by atoms with van der Waals surface area (Å²) in [6.07, 6.45) is 1.57. The van der Waals surface area contributed by atoms with E-state index in [1.807, 2.05) is 11.4 Å². The van der Waals surface area contributed by atoms with Crippen LogP contribution < -0.4 is 5.32 Å². The number of rotatable bonds is 2. The molecule has 0 radical (unpaired) electrons. The summed E-state index contributed by atoms with van der Waals surface area (Å²) < 4.78 is 0. The average Bonchev–Trinajstić information content (AvgIpc) is 3.06. The molecular weight excluding hydrogens is 264 g/mol. The zero-order chi connectivity index (χ0) is 13.4. The topological polar surface area (TPSA) is 69.6 Å². The number of carbonyl (C=O) groups is 2. The van der Waals surface area contributed by atoms with Crippen LogP contribution in [0.3, 0.4) is 0 Å². The fourth-order valence-electron chi connectivity index (χ4n) is 2.92. The summed E-state index contributed by atoms with van der Waals surface area (Å²) in [5.74, 6) is -1.02. The van der Waals surface area contributed by atoms with Crippen LogP contribution >= 0.6 is 11.3 Å². The monoisotopic (exact) mass is 280 g/mol. The number of thiophene rings is 1. The van der Waals surface area contributed by atoms with Gasteiger partial charge in [-0.05, 0) is 36.4 Å². The van der Waals surface area contributed by atoms with E-state index in [1.54, 1.807) is 16.2 Å². The number of carbonyl (C=O) groups excluding carboxylic acids is 1. The lowest BCUT2D eigenvalue weighted by Gasteiger charge is -2.34. The molecule has 0 spiro atoms. The highest BCUT2D eigenvalue weighted by Crippen LogP contribution is 2.34. The highest BCUT2D eigenvalue weighted by molar-refractivity contribution is 7.10. The Bertz CT molecular complexity index is 508. The molecule has 1 amide bonds. The minimum atomic E-state index is -0.932. The predicted octanol–water partition coefficient (Wildman–Crippen LogP) is 0.868. The zero-order valence-corrected chi connectivity index (χ0v) is 11.3. The maximum absolute atomic E-state index is 12.5. The van der Waals surface area contributed by atoms with Crippen molar-refractivity contribution in [3.05, 3.63) is 21.9 Å². The van der Waals surface area contributed by atoms with Gasteiger partial charge in [0.05, 0.1) is 5.92 Å². The van der Waals surface area contributed by atoms with Crippen molar-refractivity contribution < 1.29 is 14.7 Å². The second-order valence-electron chi connectivity index (χ2n) is 5.01. The maximum Gasteiger partial charge on any atom is 0.331 e. The van der Waals surface area contributed by atoms with Crippen molar-refractivity contribution in [3.8, 4) is 0 Å². The third-order valence-electron chi connectivity index (χ3n) is 3.89. The molecule has 1 fully saturated rings. The number of fused-ring (bicyclic) bond motifs is 1. The molecule has 1 saturated heterocycles. The Morgan fingerprint density at radius 1 is 1.47 bits per heavy atom. The van der Waals surface area contributed by atoms with E-state index in [0.717, 1.165) is 29.8 Å². The maximum atomic E-state index is 12.5. The van der Waals surface area contributed by atoms with Crippen LogP contribution in [-0.2, 0) is 16.0 Å². The van der Waals surface area contributed by atoms with E-state index in [4.69, 9.17) is 0 Å². The number of hydrogen-bond acceptors (Lipinski definition) is 4. The summed E-state index contributed by atoms with van der Waals surface area (Å²) in [6.45, 7) is 2.02. The third kappa shape index (κ3) is 2.15. The molecule has 0 aromatic carbocycles.